The molecule has 110 valence electrons. The smallest absolute Gasteiger partial charge is 0.168 e. The molecule has 2 nitrogen and oxygen atoms in total. The molecule has 0 spiro atoms. The van der Waals surface area contributed by atoms with Gasteiger partial charge in [0.25, 0.3) is 0 Å². The van der Waals surface area contributed by atoms with Crippen LogP contribution in [0.25, 0.3) is 0 Å². The van der Waals surface area contributed by atoms with Gasteiger partial charge >= 0.3 is 0 Å². The SMILES string of the molecule is Fc1ccc(Oc2ccc(N3CCCC3)cc2Br)c(F)c1. The van der Waals surface area contributed by atoms with Gasteiger partial charge in [0.05, 0.1) is 4.47 Å². The summed E-state index contributed by atoms with van der Waals surface area (Å²) >= 11 is 3.44. The summed E-state index contributed by atoms with van der Waals surface area (Å²) in [7, 11) is 0. The van der Waals surface area contributed by atoms with Crippen LogP contribution in [0, 0.1) is 11.6 Å². The second kappa shape index (κ2) is 6.02. The van der Waals surface area contributed by atoms with Gasteiger partial charge in [0.1, 0.15) is 11.6 Å². The van der Waals surface area contributed by atoms with Gasteiger partial charge in [-0.1, -0.05) is 0 Å². The van der Waals surface area contributed by atoms with Gasteiger partial charge in [0.2, 0.25) is 0 Å². The van der Waals surface area contributed by atoms with E-state index in [1.165, 1.54) is 25.0 Å². The highest BCUT2D eigenvalue weighted by atomic mass is 79.9. The van der Waals surface area contributed by atoms with Crippen molar-refractivity contribution in [2.75, 3.05) is 18.0 Å². The molecule has 0 amide bonds. The normalized spacial score (nSPS) is 14.5. The van der Waals surface area contributed by atoms with E-state index < -0.39 is 11.6 Å². The number of benzene rings is 2. The first-order chi connectivity index (χ1) is 10.1. The number of hydrogen-bond donors (Lipinski definition) is 0. The van der Waals surface area contributed by atoms with Gasteiger partial charge < -0.3 is 9.64 Å². The standard InChI is InChI=1S/C16H14BrF2NO/c17-13-10-12(20-7-1-2-8-20)4-6-15(13)21-16-5-3-11(18)9-14(16)19/h3-6,9-10H,1-2,7-8H2. The molecule has 2 aromatic rings. The van der Waals surface area contributed by atoms with Crippen LogP contribution < -0.4 is 9.64 Å². The van der Waals surface area contributed by atoms with Crippen molar-refractivity contribution < 1.29 is 13.5 Å². The summed E-state index contributed by atoms with van der Waals surface area (Å²) < 4.78 is 32.7. The maximum Gasteiger partial charge on any atom is 0.168 e. The van der Waals surface area contributed by atoms with Crippen molar-refractivity contribution in [3.63, 3.8) is 0 Å². The average molecular weight is 354 g/mol. The maximum atomic E-state index is 13.6. The average Bonchev–Trinajstić information content (AvgIpc) is 2.98. The number of halogens is 3. The highest BCUT2D eigenvalue weighted by molar-refractivity contribution is 9.10. The Bertz CT molecular complexity index is 657. The lowest BCUT2D eigenvalue weighted by Crippen LogP contribution is -2.17. The highest BCUT2D eigenvalue weighted by Crippen LogP contribution is 2.34. The molecule has 1 heterocycles. The van der Waals surface area contributed by atoms with Gasteiger partial charge in [-0.05, 0) is 59.1 Å². The second-order valence-corrected chi connectivity index (χ2v) is 5.84. The third kappa shape index (κ3) is 3.18. The molecule has 1 fully saturated rings. The lowest BCUT2D eigenvalue weighted by atomic mass is 10.2. The van der Waals surface area contributed by atoms with E-state index in [9.17, 15) is 8.78 Å². The van der Waals surface area contributed by atoms with Crippen LogP contribution in [0.3, 0.4) is 0 Å². The van der Waals surface area contributed by atoms with Gasteiger partial charge in [-0.25, -0.2) is 8.78 Å². The summed E-state index contributed by atoms with van der Waals surface area (Å²) in [5.41, 5.74) is 1.12. The quantitative estimate of drug-likeness (QED) is 0.759. The summed E-state index contributed by atoms with van der Waals surface area (Å²) in [6, 6.07) is 8.97. The number of ether oxygens (including phenoxy) is 1. The lowest BCUT2D eigenvalue weighted by Gasteiger charge is -2.18. The van der Waals surface area contributed by atoms with E-state index in [4.69, 9.17) is 4.74 Å². The third-order valence-corrected chi connectivity index (χ3v) is 4.12. The van der Waals surface area contributed by atoms with Crippen molar-refractivity contribution >= 4 is 21.6 Å². The molecule has 5 heteroatoms. The van der Waals surface area contributed by atoms with Gasteiger partial charge in [0, 0.05) is 24.8 Å². The number of rotatable bonds is 3. The van der Waals surface area contributed by atoms with E-state index in [1.54, 1.807) is 6.07 Å². The molecule has 0 N–H and O–H groups in total. The van der Waals surface area contributed by atoms with E-state index in [0.29, 0.717) is 5.75 Å². The zero-order valence-electron chi connectivity index (χ0n) is 11.3. The Morgan fingerprint density at radius 1 is 0.952 bits per heavy atom. The molecule has 0 unspecified atom stereocenters. The Morgan fingerprint density at radius 2 is 1.67 bits per heavy atom. The molecule has 1 saturated heterocycles. The van der Waals surface area contributed by atoms with Crippen LogP contribution in [0.4, 0.5) is 14.5 Å². The Labute approximate surface area is 130 Å². The minimum absolute atomic E-state index is 0.00558. The predicted octanol–water partition coefficient (Wildman–Crippen LogP) is 5.12. The zero-order valence-corrected chi connectivity index (χ0v) is 12.9. The van der Waals surface area contributed by atoms with Crippen LogP contribution in [-0.2, 0) is 0 Å². The van der Waals surface area contributed by atoms with Crippen LogP contribution >= 0.6 is 15.9 Å². The number of nitrogens with zero attached hydrogens (tertiary/aromatic N) is 1. The van der Waals surface area contributed by atoms with E-state index in [0.717, 1.165) is 29.3 Å². The summed E-state index contributed by atoms with van der Waals surface area (Å²) in [5, 5.41) is 0. The van der Waals surface area contributed by atoms with Crippen LogP contribution in [-0.4, -0.2) is 13.1 Å². The molecule has 0 bridgehead atoms. The van der Waals surface area contributed by atoms with Gasteiger partial charge in [-0.2, -0.15) is 0 Å². The summed E-state index contributed by atoms with van der Waals surface area (Å²) in [4.78, 5) is 2.30. The molecule has 0 radical (unpaired) electrons. The minimum Gasteiger partial charge on any atom is -0.453 e. The molecule has 0 aliphatic carbocycles. The fourth-order valence-electron chi connectivity index (χ4n) is 2.42. The summed E-state index contributed by atoms with van der Waals surface area (Å²) in [6.07, 6.45) is 2.41. The first kappa shape index (κ1) is 14.3. The fraction of sp³-hybridized carbons (Fsp3) is 0.250. The Kier molecular flexibility index (Phi) is 4.10. The summed E-state index contributed by atoms with van der Waals surface area (Å²) in [6.45, 7) is 2.11. The molecule has 21 heavy (non-hydrogen) atoms. The maximum absolute atomic E-state index is 13.6. The fourth-order valence-corrected chi connectivity index (χ4v) is 2.87. The van der Waals surface area contributed by atoms with E-state index >= 15 is 0 Å². The summed E-state index contributed by atoms with van der Waals surface area (Å²) in [5.74, 6) is -0.830. The van der Waals surface area contributed by atoms with Crippen molar-refractivity contribution in [2.45, 2.75) is 12.8 Å². The molecule has 1 aliphatic rings. The Balaban J connectivity index is 1.82. The first-order valence-electron chi connectivity index (χ1n) is 6.81. The van der Waals surface area contributed by atoms with Gasteiger partial charge in [-0.15, -0.1) is 0 Å². The monoisotopic (exact) mass is 353 g/mol. The van der Waals surface area contributed by atoms with E-state index in [-0.39, 0.29) is 5.75 Å². The van der Waals surface area contributed by atoms with E-state index in [2.05, 4.69) is 20.8 Å². The number of anilines is 1. The Hall–Kier alpha value is -1.62. The minimum atomic E-state index is -0.717. The lowest BCUT2D eigenvalue weighted by molar-refractivity contribution is 0.435. The molecule has 0 aromatic heterocycles. The second-order valence-electron chi connectivity index (χ2n) is 4.99. The van der Waals surface area contributed by atoms with Crippen molar-refractivity contribution in [1.29, 1.82) is 0 Å². The first-order valence-corrected chi connectivity index (χ1v) is 7.60. The Morgan fingerprint density at radius 3 is 2.33 bits per heavy atom. The van der Waals surface area contributed by atoms with Gasteiger partial charge in [0.15, 0.2) is 11.6 Å². The molecular weight excluding hydrogens is 340 g/mol. The largest absolute Gasteiger partial charge is 0.453 e. The van der Waals surface area contributed by atoms with Crippen molar-refractivity contribution in [2.24, 2.45) is 0 Å². The molecular formula is C16H14BrF2NO. The van der Waals surface area contributed by atoms with Crippen LogP contribution in [0.15, 0.2) is 40.9 Å². The predicted molar refractivity (Wildman–Crippen MR) is 82.0 cm³/mol. The van der Waals surface area contributed by atoms with Crippen molar-refractivity contribution in [3.05, 3.63) is 52.5 Å². The van der Waals surface area contributed by atoms with Crippen LogP contribution in [0.1, 0.15) is 12.8 Å². The topological polar surface area (TPSA) is 12.5 Å². The molecule has 0 saturated carbocycles. The van der Waals surface area contributed by atoms with E-state index in [1.807, 2.05) is 12.1 Å². The van der Waals surface area contributed by atoms with Crippen molar-refractivity contribution in [3.8, 4) is 11.5 Å². The highest BCUT2D eigenvalue weighted by Gasteiger charge is 2.14. The van der Waals surface area contributed by atoms with Gasteiger partial charge in [-0.3, -0.25) is 0 Å². The number of hydrogen-bond acceptors (Lipinski definition) is 2. The zero-order chi connectivity index (χ0) is 14.8. The molecule has 0 atom stereocenters. The third-order valence-electron chi connectivity index (χ3n) is 3.50. The van der Waals surface area contributed by atoms with Crippen LogP contribution in [0.2, 0.25) is 0 Å². The molecule has 1 aliphatic heterocycles. The van der Waals surface area contributed by atoms with Crippen LogP contribution in [0.5, 0.6) is 11.5 Å². The molecule has 3 rings (SSSR count). The molecule has 2 aromatic carbocycles. The van der Waals surface area contributed by atoms with Crippen molar-refractivity contribution in [1.82, 2.24) is 0 Å².